The lowest BCUT2D eigenvalue weighted by Gasteiger charge is -2.35. The molecule has 0 spiro atoms. The van der Waals surface area contributed by atoms with Gasteiger partial charge in [-0.05, 0) is 50.7 Å². The van der Waals surface area contributed by atoms with Gasteiger partial charge in [-0.2, -0.15) is 0 Å². The molecule has 1 aromatic rings. The monoisotopic (exact) mass is 453 g/mol. The van der Waals surface area contributed by atoms with Crippen molar-refractivity contribution >= 4 is 12.0 Å². The van der Waals surface area contributed by atoms with Crippen molar-refractivity contribution in [1.29, 1.82) is 0 Å². The fourth-order valence-electron chi connectivity index (χ4n) is 7.16. The number of likely N-dealkylation sites (tertiary alicyclic amines) is 1. The molecule has 6 nitrogen and oxygen atoms in total. The second-order valence-corrected chi connectivity index (χ2v) is 10.7. The minimum Gasteiger partial charge on any atom is -0.396 e. The maximum absolute atomic E-state index is 13.6. The number of rotatable bonds is 6. The predicted octanol–water partition coefficient (Wildman–Crippen LogP) is 3.48. The lowest BCUT2D eigenvalue weighted by molar-refractivity contribution is -0.128. The maximum Gasteiger partial charge on any atom is 0.258 e. The first-order valence-electron chi connectivity index (χ1n) is 13.2. The SMILES string of the molecule is C/C=C\c1ccc2n(c1=O)C[C@H]1[C@H](CO)[C@@H](C(=O)NC3CCCC3)N(CC3CCCCC3)[C@@H]21. The van der Waals surface area contributed by atoms with Gasteiger partial charge in [0.15, 0.2) is 0 Å². The predicted molar refractivity (Wildman–Crippen MR) is 130 cm³/mol. The van der Waals surface area contributed by atoms with Crippen molar-refractivity contribution in [2.75, 3.05) is 13.2 Å². The molecule has 1 amide bonds. The number of nitrogens with zero attached hydrogens (tertiary/aromatic N) is 2. The molecule has 2 N–H and O–H groups in total. The molecule has 0 unspecified atom stereocenters. The molecule has 6 heteroatoms. The summed E-state index contributed by atoms with van der Waals surface area (Å²) in [6.07, 6.45) is 14.5. The van der Waals surface area contributed by atoms with E-state index in [4.69, 9.17) is 0 Å². The summed E-state index contributed by atoms with van der Waals surface area (Å²) >= 11 is 0. The van der Waals surface area contributed by atoms with Crippen LogP contribution in [0.15, 0.2) is 23.0 Å². The number of pyridine rings is 1. The Labute approximate surface area is 197 Å². The van der Waals surface area contributed by atoms with Gasteiger partial charge in [0.1, 0.15) is 0 Å². The normalized spacial score (nSPS) is 30.7. The maximum atomic E-state index is 13.6. The van der Waals surface area contributed by atoms with E-state index in [2.05, 4.69) is 16.3 Å². The topological polar surface area (TPSA) is 74.6 Å². The first-order chi connectivity index (χ1) is 16.1. The second-order valence-electron chi connectivity index (χ2n) is 10.7. The molecule has 4 aliphatic rings. The molecule has 0 bridgehead atoms. The molecule has 0 aromatic carbocycles. The van der Waals surface area contributed by atoms with E-state index in [0.29, 0.717) is 18.0 Å². The number of hydrogen-bond acceptors (Lipinski definition) is 4. The third kappa shape index (κ3) is 4.21. The van der Waals surface area contributed by atoms with Crippen LogP contribution in [-0.4, -0.2) is 45.7 Å². The van der Waals surface area contributed by atoms with Crippen molar-refractivity contribution in [3.63, 3.8) is 0 Å². The average molecular weight is 454 g/mol. The van der Waals surface area contributed by atoms with Crippen LogP contribution in [0.25, 0.3) is 6.08 Å². The Hall–Kier alpha value is -1.92. The second kappa shape index (κ2) is 9.75. The van der Waals surface area contributed by atoms with Crippen LogP contribution in [0.5, 0.6) is 0 Å². The van der Waals surface area contributed by atoms with Crippen LogP contribution in [-0.2, 0) is 11.3 Å². The zero-order valence-corrected chi connectivity index (χ0v) is 19.9. The first kappa shape index (κ1) is 22.9. The van der Waals surface area contributed by atoms with E-state index >= 15 is 0 Å². The minimum absolute atomic E-state index is 0.0183. The zero-order valence-electron chi connectivity index (χ0n) is 19.9. The molecule has 3 heterocycles. The summed E-state index contributed by atoms with van der Waals surface area (Å²) in [6.45, 7) is 3.37. The quantitative estimate of drug-likeness (QED) is 0.692. The van der Waals surface area contributed by atoms with Crippen LogP contribution < -0.4 is 10.9 Å². The Morgan fingerprint density at radius 3 is 2.55 bits per heavy atom. The summed E-state index contributed by atoms with van der Waals surface area (Å²) in [5.41, 5.74) is 1.76. The van der Waals surface area contributed by atoms with Gasteiger partial charge in [0.05, 0.1) is 12.1 Å². The van der Waals surface area contributed by atoms with E-state index in [1.807, 2.05) is 29.7 Å². The third-order valence-corrected chi connectivity index (χ3v) is 8.73. The molecule has 1 saturated heterocycles. The Morgan fingerprint density at radius 1 is 1.12 bits per heavy atom. The Bertz CT molecular complexity index is 942. The van der Waals surface area contributed by atoms with Crippen LogP contribution in [0.4, 0.5) is 0 Å². The number of carbonyl (C=O) groups excluding carboxylic acids is 1. The number of nitrogens with one attached hydrogen (secondary N) is 1. The van der Waals surface area contributed by atoms with E-state index in [1.54, 1.807) is 0 Å². The molecule has 1 aromatic heterocycles. The molecule has 33 heavy (non-hydrogen) atoms. The number of amides is 1. The number of aliphatic hydroxyl groups excluding tert-OH is 1. The average Bonchev–Trinajstić information content (AvgIpc) is 3.53. The highest BCUT2D eigenvalue weighted by Gasteiger charge is 2.55. The fourth-order valence-corrected chi connectivity index (χ4v) is 7.16. The lowest BCUT2D eigenvalue weighted by Crippen LogP contribution is -2.51. The van der Waals surface area contributed by atoms with Crippen LogP contribution in [0.3, 0.4) is 0 Å². The van der Waals surface area contributed by atoms with Gasteiger partial charge in [0.25, 0.3) is 5.56 Å². The van der Waals surface area contributed by atoms with E-state index in [9.17, 15) is 14.7 Å². The van der Waals surface area contributed by atoms with Gasteiger partial charge >= 0.3 is 0 Å². The summed E-state index contributed by atoms with van der Waals surface area (Å²) in [7, 11) is 0. The first-order valence-corrected chi connectivity index (χ1v) is 13.2. The van der Waals surface area contributed by atoms with Crippen LogP contribution in [0.2, 0.25) is 0 Å². The largest absolute Gasteiger partial charge is 0.396 e. The highest BCUT2D eigenvalue weighted by atomic mass is 16.3. The molecule has 3 fully saturated rings. The Kier molecular flexibility index (Phi) is 6.75. The smallest absolute Gasteiger partial charge is 0.258 e. The highest BCUT2D eigenvalue weighted by molar-refractivity contribution is 5.83. The van der Waals surface area contributed by atoms with Crippen molar-refractivity contribution < 1.29 is 9.90 Å². The van der Waals surface area contributed by atoms with Gasteiger partial charge in [-0.3, -0.25) is 14.5 Å². The van der Waals surface area contributed by atoms with Crippen molar-refractivity contribution in [1.82, 2.24) is 14.8 Å². The molecule has 0 radical (unpaired) electrons. The number of allylic oxidation sites excluding steroid dienone is 1. The summed E-state index contributed by atoms with van der Waals surface area (Å²) in [4.78, 5) is 29.2. The Balaban J connectivity index is 1.49. The summed E-state index contributed by atoms with van der Waals surface area (Å²) in [5, 5.41) is 13.8. The zero-order chi connectivity index (χ0) is 22.9. The van der Waals surface area contributed by atoms with Gasteiger partial charge in [0.2, 0.25) is 5.91 Å². The standard InChI is InChI=1S/C27H39N3O3/c1-2-8-19-13-14-23-24-21(16-29(23)27(19)33)22(17-31)25(26(32)28-20-11-6-7-12-20)30(24)15-18-9-4-3-5-10-18/h2,8,13-14,18,20-22,24-25,31H,3-7,9-12,15-17H2,1H3,(H,28,32)/b8-2-/t21-,22-,24+,25-/m0/s1. The van der Waals surface area contributed by atoms with Crippen LogP contribution in [0, 0.1) is 17.8 Å². The van der Waals surface area contributed by atoms with Crippen LogP contribution in [0.1, 0.15) is 82.0 Å². The molecular weight excluding hydrogens is 414 g/mol. The lowest BCUT2D eigenvalue weighted by atomic mass is 9.88. The number of carbonyl (C=O) groups is 1. The van der Waals surface area contributed by atoms with E-state index in [-0.39, 0.29) is 48.0 Å². The number of aromatic nitrogens is 1. The van der Waals surface area contributed by atoms with Gasteiger partial charge in [-0.1, -0.05) is 44.3 Å². The van der Waals surface area contributed by atoms with Gasteiger partial charge in [-0.25, -0.2) is 0 Å². The molecule has 2 saturated carbocycles. The number of aliphatic hydroxyl groups is 1. The molecule has 4 atom stereocenters. The third-order valence-electron chi connectivity index (χ3n) is 8.73. The number of hydrogen-bond donors (Lipinski definition) is 2. The van der Waals surface area contributed by atoms with E-state index in [1.165, 1.54) is 44.9 Å². The summed E-state index contributed by atoms with van der Waals surface area (Å²) in [5.74, 6) is 0.614. The summed E-state index contributed by atoms with van der Waals surface area (Å²) in [6, 6.07) is 3.99. The Morgan fingerprint density at radius 2 is 1.85 bits per heavy atom. The van der Waals surface area contributed by atoms with E-state index in [0.717, 1.165) is 25.1 Å². The highest BCUT2D eigenvalue weighted by Crippen LogP contribution is 2.50. The van der Waals surface area contributed by atoms with Crippen molar-refractivity contribution in [3.8, 4) is 0 Å². The van der Waals surface area contributed by atoms with Crippen molar-refractivity contribution in [2.24, 2.45) is 17.8 Å². The summed E-state index contributed by atoms with van der Waals surface area (Å²) < 4.78 is 1.91. The van der Waals surface area contributed by atoms with Crippen molar-refractivity contribution in [2.45, 2.75) is 89.4 Å². The van der Waals surface area contributed by atoms with Gasteiger partial charge in [-0.15, -0.1) is 0 Å². The van der Waals surface area contributed by atoms with Crippen molar-refractivity contribution in [3.05, 3.63) is 39.8 Å². The molecule has 2 aliphatic carbocycles. The molecular formula is C27H39N3O3. The molecule has 5 rings (SSSR count). The molecule has 180 valence electrons. The minimum atomic E-state index is -0.313. The molecule has 2 aliphatic heterocycles. The van der Waals surface area contributed by atoms with Crippen LogP contribution >= 0.6 is 0 Å². The van der Waals surface area contributed by atoms with Gasteiger partial charge in [0, 0.05) is 48.8 Å². The van der Waals surface area contributed by atoms with E-state index < -0.39 is 0 Å². The fraction of sp³-hybridized carbons (Fsp3) is 0.704. The van der Waals surface area contributed by atoms with Gasteiger partial charge < -0.3 is 15.0 Å². The number of fused-ring (bicyclic) bond motifs is 3.